The minimum atomic E-state index is -0.691. The van der Waals surface area contributed by atoms with Crippen LogP contribution in [0.2, 0.25) is 5.02 Å². The van der Waals surface area contributed by atoms with Crippen LogP contribution in [0.3, 0.4) is 0 Å². The Labute approximate surface area is 216 Å². The van der Waals surface area contributed by atoms with E-state index in [1.165, 1.54) is 30.2 Å². The molecule has 2 heterocycles. The third-order valence-corrected chi connectivity index (χ3v) is 6.93. The molecule has 0 fully saturated rings. The lowest BCUT2D eigenvalue weighted by Gasteiger charge is -2.26. The van der Waals surface area contributed by atoms with Crippen LogP contribution in [0.1, 0.15) is 38.1 Å². The van der Waals surface area contributed by atoms with E-state index in [4.69, 9.17) is 21.1 Å². The lowest BCUT2D eigenvalue weighted by molar-refractivity contribution is 0.101. The van der Waals surface area contributed by atoms with Gasteiger partial charge in [-0.3, -0.25) is 9.59 Å². The monoisotopic (exact) mass is 531 g/mol. The molecule has 3 aromatic rings. The molecule has 0 atom stereocenters. The van der Waals surface area contributed by atoms with E-state index in [1.54, 1.807) is 31.2 Å². The fourth-order valence-corrected chi connectivity index (χ4v) is 5.31. The number of methoxy groups -OCH3 is 1. The summed E-state index contributed by atoms with van der Waals surface area (Å²) in [5, 5.41) is 6.14. The number of anilines is 2. The minimum Gasteiger partial charge on any atom is -0.495 e. The lowest BCUT2D eigenvalue weighted by atomic mass is 10.0. The topological polar surface area (TPSA) is 97.0 Å². The van der Waals surface area contributed by atoms with Gasteiger partial charge in [-0.05, 0) is 49.2 Å². The molecule has 1 aliphatic rings. The van der Waals surface area contributed by atoms with Crippen molar-refractivity contribution in [3.63, 3.8) is 0 Å². The number of carbonyl (C=O) groups is 3. The summed E-state index contributed by atoms with van der Waals surface area (Å²) < 4.78 is 24.7. The number of nitrogens with one attached hydrogen (secondary N) is 2. The van der Waals surface area contributed by atoms with Gasteiger partial charge in [-0.2, -0.15) is 0 Å². The number of ether oxygens (including phenoxy) is 2. The van der Waals surface area contributed by atoms with Crippen molar-refractivity contribution in [2.45, 2.75) is 19.9 Å². The number of hydrogen-bond acceptors (Lipinski definition) is 6. The first-order valence-corrected chi connectivity index (χ1v) is 12.3. The molecular formula is C25H23ClFN3O5S. The molecular weight excluding hydrogens is 509 g/mol. The summed E-state index contributed by atoms with van der Waals surface area (Å²) in [4.78, 5) is 40.9. The molecule has 36 heavy (non-hydrogen) atoms. The molecule has 0 aliphatic carbocycles. The Hall–Kier alpha value is -3.63. The molecule has 0 saturated heterocycles. The van der Waals surface area contributed by atoms with Gasteiger partial charge in [-0.15, -0.1) is 11.3 Å². The van der Waals surface area contributed by atoms with Gasteiger partial charge in [0, 0.05) is 16.4 Å². The van der Waals surface area contributed by atoms with E-state index in [1.807, 2.05) is 0 Å². The summed E-state index contributed by atoms with van der Waals surface area (Å²) in [6.45, 7) is 2.52. The number of hydrogen-bond donors (Lipinski definition) is 2. The van der Waals surface area contributed by atoms with Crippen LogP contribution in [0.4, 0.5) is 19.9 Å². The number of benzene rings is 2. The number of rotatable bonds is 6. The van der Waals surface area contributed by atoms with Crippen LogP contribution in [-0.2, 0) is 17.7 Å². The van der Waals surface area contributed by atoms with Crippen molar-refractivity contribution in [3.05, 3.63) is 74.9 Å². The Morgan fingerprint density at radius 1 is 1.14 bits per heavy atom. The second-order valence-corrected chi connectivity index (χ2v) is 9.35. The summed E-state index contributed by atoms with van der Waals surface area (Å²) in [6, 6.07) is 10.4. The largest absolute Gasteiger partial charge is 0.495 e. The average molecular weight is 532 g/mol. The molecule has 0 bridgehead atoms. The number of fused-ring (bicyclic) bond motifs is 1. The van der Waals surface area contributed by atoms with Gasteiger partial charge in [0.2, 0.25) is 0 Å². The van der Waals surface area contributed by atoms with Gasteiger partial charge in [0.25, 0.3) is 11.8 Å². The highest BCUT2D eigenvalue weighted by atomic mass is 35.5. The quantitative estimate of drug-likeness (QED) is 0.433. The molecule has 11 heteroatoms. The van der Waals surface area contributed by atoms with Gasteiger partial charge in [-0.1, -0.05) is 23.7 Å². The summed E-state index contributed by atoms with van der Waals surface area (Å²) in [7, 11) is 1.47. The molecule has 0 unspecified atom stereocenters. The van der Waals surface area contributed by atoms with Crippen molar-refractivity contribution in [1.82, 2.24) is 4.90 Å². The minimum absolute atomic E-state index is 0.153. The molecule has 1 aromatic heterocycles. The standard InChI is InChI=1S/C25H23ClFN3O5S/c1-3-35-25(33)30-11-10-16-20(13-30)36-24(29-22(31)15-6-4-5-7-17(15)27)21(16)23(32)28-18-12-14(26)8-9-19(18)34-2/h4-9,12H,3,10-11,13H2,1-2H3,(H,28,32)(H,29,31). The van der Waals surface area contributed by atoms with Gasteiger partial charge in [0.1, 0.15) is 16.6 Å². The Balaban J connectivity index is 1.70. The van der Waals surface area contributed by atoms with Crippen molar-refractivity contribution in [1.29, 1.82) is 0 Å². The lowest BCUT2D eigenvalue weighted by Crippen LogP contribution is -2.36. The molecule has 2 aromatic carbocycles. The molecule has 2 N–H and O–H groups in total. The zero-order valence-corrected chi connectivity index (χ0v) is 21.1. The SMILES string of the molecule is CCOC(=O)N1CCc2c(sc(NC(=O)c3ccccc3F)c2C(=O)Nc2cc(Cl)ccc2OC)C1. The van der Waals surface area contributed by atoms with Gasteiger partial charge in [-0.25, -0.2) is 9.18 Å². The highest BCUT2D eigenvalue weighted by Crippen LogP contribution is 2.39. The third-order valence-electron chi connectivity index (χ3n) is 5.57. The molecule has 3 amide bonds. The predicted molar refractivity (Wildman–Crippen MR) is 136 cm³/mol. The first-order valence-electron chi connectivity index (χ1n) is 11.1. The fourth-order valence-electron chi connectivity index (χ4n) is 3.88. The van der Waals surface area contributed by atoms with Gasteiger partial charge in [0.05, 0.1) is 37.1 Å². The van der Waals surface area contributed by atoms with E-state index in [-0.39, 0.29) is 29.3 Å². The third kappa shape index (κ3) is 5.29. The number of amides is 3. The van der Waals surface area contributed by atoms with Crippen LogP contribution in [0, 0.1) is 5.82 Å². The summed E-state index contributed by atoms with van der Waals surface area (Å²) >= 11 is 7.27. The van der Waals surface area contributed by atoms with Gasteiger partial charge < -0.3 is 25.0 Å². The number of halogens is 2. The number of nitrogens with zero attached hydrogens (tertiary/aromatic N) is 1. The Morgan fingerprint density at radius 3 is 2.64 bits per heavy atom. The zero-order valence-electron chi connectivity index (χ0n) is 19.5. The second kappa shape index (κ2) is 11.0. The molecule has 1 aliphatic heterocycles. The zero-order chi connectivity index (χ0) is 25.8. The first-order chi connectivity index (χ1) is 17.3. The first kappa shape index (κ1) is 25.5. The van der Waals surface area contributed by atoms with Crippen molar-refractivity contribution in [2.24, 2.45) is 0 Å². The van der Waals surface area contributed by atoms with Gasteiger partial charge >= 0.3 is 6.09 Å². The molecule has 0 radical (unpaired) electrons. The smallest absolute Gasteiger partial charge is 0.410 e. The predicted octanol–water partition coefficient (Wildman–Crippen LogP) is 5.57. The van der Waals surface area contributed by atoms with Crippen molar-refractivity contribution in [3.8, 4) is 5.75 Å². The highest BCUT2D eigenvalue weighted by Gasteiger charge is 2.31. The summed E-state index contributed by atoms with van der Waals surface area (Å²) in [5.41, 5.74) is 1.14. The Morgan fingerprint density at radius 2 is 1.92 bits per heavy atom. The number of carbonyl (C=O) groups excluding carboxylic acids is 3. The van der Waals surface area contributed by atoms with E-state index in [9.17, 15) is 18.8 Å². The van der Waals surface area contributed by atoms with Gasteiger partial charge in [0.15, 0.2) is 0 Å². The van der Waals surface area contributed by atoms with E-state index in [0.29, 0.717) is 35.0 Å². The summed E-state index contributed by atoms with van der Waals surface area (Å²) in [5.74, 6) is -1.47. The van der Waals surface area contributed by atoms with Crippen molar-refractivity contribution < 1.29 is 28.2 Å². The van der Waals surface area contributed by atoms with Crippen LogP contribution in [-0.4, -0.2) is 43.1 Å². The van der Waals surface area contributed by atoms with Crippen LogP contribution < -0.4 is 15.4 Å². The number of thiophene rings is 1. The van der Waals surface area contributed by atoms with E-state index in [2.05, 4.69) is 10.6 Å². The van der Waals surface area contributed by atoms with Crippen LogP contribution in [0.25, 0.3) is 0 Å². The van der Waals surface area contributed by atoms with Crippen LogP contribution >= 0.6 is 22.9 Å². The fraction of sp³-hybridized carbons (Fsp3) is 0.240. The maximum absolute atomic E-state index is 14.2. The summed E-state index contributed by atoms with van der Waals surface area (Å²) in [6.07, 6.45) is -0.0847. The molecule has 4 rings (SSSR count). The van der Waals surface area contributed by atoms with Crippen LogP contribution in [0.5, 0.6) is 5.75 Å². The maximum atomic E-state index is 14.2. The molecule has 8 nitrogen and oxygen atoms in total. The second-order valence-electron chi connectivity index (χ2n) is 7.81. The van der Waals surface area contributed by atoms with E-state index >= 15 is 0 Å². The molecule has 188 valence electrons. The normalized spacial score (nSPS) is 12.5. The van der Waals surface area contributed by atoms with E-state index < -0.39 is 23.7 Å². The van der Waals surface area contributed by atoms with Crippen molar-refractivity contribution in [2.75, 3.05) is 30.9 Å². The maximum Gasteiger partial charge on any atom is 0.410 e. The Kier molecular flexibility index (Phi) is 7.76. The highest BCUT2D eigenvalue weighted by molar-refractivity contribution is 7.17. The molecule has 0 spiro atoms. The van der Waals surface area contributed by atoms with E-state index in [0.717, 1.165) is 16.2 Å². The Bertz CT molecular complexity index is 1330. The average Bonchev–Trinajstić information content (AvgIpc) is 3.21. The van der Waals surface area contributed by atoms with Crippen molar-refractivity contribution >= 4 is 51.5 Å². The van der Waals surface area contributed by atoms with Crippen LogP contribution in [0.15, 0.2) is 42.5 Å². The molecule has 0 saturated carbocycles.